The largest absolute Gasteiger partial charge is 0.462 e. The van der Waals surface area contributed by atoms with Crippen molar-refractivity contribution in [3.8, 4) is 5.75 Å². The van der Waals surface area contributed by atoms with Crippen molar-refractivity contribution >= 4 is 41.5 Å². The van der Waals surface area contributed by atoms with Crippen LogP contribution in [0.2, 0.25) is 0 Å². The van der Waals surface area contributed by atoms with Crippen LogP contribution in [0, 0.1) is 0 Å². The van der Waals surface area contributed by atoms with Gasteiger partial charge in [0, 0.05) is 12.0 Å². The number of nitrogen functional groups attached to an aromatic ring is 1. The Labute approximate surface area is 239 Å². The first-order valence-electron chi connectivity index (χ1n) is 13.8. The SMILES string of the molecule is CCOCc1nc2c(N)nc3ccccc3c2n1[C@H](CC)COP(=O)(N[C@@H](C)C(=O)OC(C)C)Oc1ccccc1. The summed E-state index contributed by atoms with van der Waals surface area (Å²) in [5.41, 5.74) is 8.42. The minimum Gasteiger partial charge on any atom is -0.462 e. The number of nitrogens with zero attached hydrogens (tertiary/aromatic N) is 3. The molecule has 0 spiro atoms. The molecule has 2 heterocycles. The number of ether oxygens (including phenoxy) is 2. The summed E-state index contributed by atoms with van der Waals surface area (Å²) in [7, 11) is -4.07. The van der Waals surface area contributed by atoms with Gasteiger partial charge < -0.3 is 24.3 Å². The predicted molar refractivity (Wildman–Crippen MR) is 159 cm³/mol. The van der Waals surface area contributed by atoms with Crippen molar-refractivity contribution in [1.82, 2.24) is 19.6 Å². The van der Waals surface area contributed by atoms with E-state index in [1.807, 2.05) is 48.7 Å². The smallest absolute Gasteiger partial charge is 0.459 e. The fourth-order valence-corrected chi connectivity index (χ4v) is 5.98. The first kappa shape index (κ1) is 30.5. The standard InChI is InChI=1S/C29H38N5O6P/c1-6-21(17-38-41(36,40-22-13-9-8-10-14-22)33-20(5)29(35)39-19(3)4)34-25(18-37-7-2)32-26-27(34)23-15-11-12-16-24(23)31-28(26)30/h8-16,19-21H,6-7,17-18H2,1-5H3,(H2,30,31)(H,33,36)/t20-,21+,41?/m0/s1. The Bertz CT molecular complexity index is 1530. The molecule has 0 saturated heterocycles. The zero-order valence-corrected chi connectivity index (χ0v) is 25.0. The molecule has 2 aromatic heterocycles. The number of hydrogen-bond donors (Lipinski definition) is 2. The number of hydrogen-bond acceptors (Lipinski definition) is 9. The number of anilines is 1. The third-order valence-corrected chi connectivity index (χ3v) is 8.01. The Morgan fingerprint density at radius 2 is 1.76 bits per heavy atom. The third kappa shape index (κ3) is 7.23. The number of fused-ring (bicyclic) bond motifs is 3. The van der Waals surface area contributed by atoms with E-state index in [9.17, 15) is 9.36 Å². The molecule has 0 aliphatic heterocycles. The fraction of sp³-hybridized carbons (Fsp3) is 0.414. The topological polar surface area (TPSA) is 140 Å². The maximum absolute atomic E-state index is 14.1. The monoisotopic (exact) mass is 583 g/mol. The number of carbonyl (C=O) groups is 1. The molecule has 3 atom stereocenters. The summed E-state index contributed by atoms with van der Waals surface area (Å²) in [4.78, 5) is 21.9. The molecular formula is C29H38N5O6P. The van der Waals surface area contributed by atoms with Gasteiger partial charge in [0.15, 0.2) is 5.82 Å². The summed E-state index contributed by atoms with van der Waals surface area (Å²) in [6.07, 6.45) is 0.263. The zero-order chi connectivity index (χ0) is 29.6. The van der Waals surface area contributed by atoms with Crippen molar-refractivity contribution in [3.63, 3.8) is 0 Å². The number of nitrogens with two attached hydrogens (primary N) is 1. The van der Waals surface area contributed by atoms with Crippen LogP contribution in [-0.2, 0) is 30.0 Å². The number of nitrogens with one attached hydrogen (secondary N) is 1. The van der Waals surface area contributed by atoms with Crippen molar-refractivity contribution in [2.24, 2.45) is 0 Å². The van der Waals surface area contributed by atoms with Crippen molar-refractivity contribution in [2.45, 2.75) is 65.8 Å². The number of aromatic nitrogens is 3. The Morgan fingerprint density at radius 3 is 2.44 bits per heavy atom. The summed E-state index contributed by atoms with van der Waals surface area (Å²) in [6, 6.07) is 15.1. The Hall–Kier alpha value is -3.50. The highest BCUT2D eigenvalue weighted by atomic mass is 31.2. The van der Waals surface area contributed by atoms with E-state index in [1.54, 1.807) is 45.0 Å². The second kappa shape index (κ2) is 13.4. The molecule has 0 saturated carbocycles. The van der Waals surface area contributed by atoms with E-state index in [0.29, 0.717) is 35.9 Å². The van der Waals surface area contributed by atoms with Crippen LogP contribution in [0.15, 0.2) is 54.6 Å². The first-order valence-corrected chi connectivity index (χ1v) is 15.3. The number of pyridine rings is 1. The van der Waals surface area contributed by atoms with Crippen molar-refractivity contribution < 1.29 is 27.9 Å². The molecule has 220 valence electrons. The number of para-hydroxylation sites is 2. The van der Waals surface area contributed by atoms with Crippen molar-refractivity contribution in [1.29, 1.82) is 0 Å². The number of esters is 1. The van der Waals surface area contributed by atoms with Gasteiger partial charge in [-0.15, -0.1) is 0 Å². The number of imidazole rings is 1. The van der Waals surface area contributed by atoms with E-state index in [-0.39, 0.29) is 25.4 Å². The van der Waals surface area contributed by atoms with E-state index in [1.165, 1.54) is 0 Å². The molecule has 0 amide bonds. The lowest BCUT2D eigenvalue weighted by atomic mass is 10.1. The fourth-order valence-electron chi connectivity index (χ4n) is 4.45. The lowest BCUT2D eigenvalue weighted by molar-refractivity contribution is -0.149. The summed E-state index contributed by atoms with van der Waals surface area (Å²) in [5, 5.41) is 3.63. The van der Waals surface area contributed by atoms with Gasteiger partial charge in [-0.05, 0) is 52.3 Å². The van der Waals surface area contributed by atoms with Crippen molar-refractivity contribution in [3.05, 3.63) is 60.4 Å². The maximum Gasteiger partial charge on any atom is 0.459 e. The average molecular weight is 584 g/mol. The van der Waals surface area contributed by atoms with Gasteiger partial charge in [0.25, 0.3) is 0 Å². The normalized spacial score (nSPS) is 14.7. The van der Waals surface area contributed by atoms with Crippen LogP contribution in [0.5, 0.6) is 5.75 Å². The van der Waals surface area contributed by atoms with Crippen LogP contribution >= 0.6 is 7.75 Å². The second-order valence-corrected chi connectivity index (χ2v) is 11.5. The third-order valence-electron chi connectivity index (χ3n) is 6.36. The van der Waals surface area contributed by atoms with Crippen LogP contribution in [0.3, 0.4) is 0 Å². The molecule has 0 bridgehead atoms. The highest BCUT2D eigenvalue weighted by Gasteiger charge is 2.34. The van der Waals surface area contributed by atoms with E-state index in [0.717, 1.165) is 16.4 Å². The summed E-state index contributed by atoms with van der Waals surface area (Å²) in [5.74, 6) is 0.711. The summed E-state index contributed by atoms with van der Waals surface area (Å²) >= 11 is 0. The number of rotatable bonds is 14. The molecule has 0 aliphatic carbocycles. The molecule has 2 aromatic carbocycles. The molecule has 0 fully saturated rings. The van der Waals surface area contributed by atoms with Gasteiger partial charge in [-0.25, -0.2) is 14.5 Å². The highest BCUT2D eigenvalue weighted by molar-refractivity contribution is 7.52. The van der Waals surface area contributed by atoms with Crippen molar-refractivity contribution in [2.75, 3.05) is 18.9 Å². The minimum absolute atomic E-state index is 0.0271. The van der Waals surface area contributed by atoms with Crippen LogP contribution < -0.4 is 15.3 Å². The van der Waals surface area contributed by atoms with Gasteiger partial charge in [0.2, 0.25) is 0 Å². The van der Waals surface area contributed by atoms with E-state index in [4.69, 9.17) is 29.2 Å². The van der Waals surface area contributed by atoms with Gasteiger partial charge in [-0.3, -0.25) is 9.32 Å². The molecule has 11 nitrogen and oxygen atoms in total. The van der Waals surface area contributed by atoms with Gasteiger partial charge in [0.1, 0.15) is 29.7 Å². The van der Waals surface area contributed by atoms with E-state index < -0.39 is 19.8 Å². The second-order valence-electron chi connectivity index (χ2n) is 9.84. The van der Waals surface area contributed by atoms with Crippen LogP contribution in [0.4, 0.5) is 5.82 Å². The Balaban J connectivity index is 1.72. The van der Waals surface area contributed by atoms with E-state index in [2.05, 4.69) is 10.1 Å². The maximum atomic E-state index is 14.1. The van der Waals surface area contributed by atoms with Gasteiger partial charge in [-0.2, -0.15) is 5.09 Å². The Kier molecular flexibility index (Phi) is 9.99. The van der Waals surface area contributed by atoms with Gasteiger partial charge in [-0.1, -0.05) is 43.3 Å². The molecule has 41 heavy (non-hydrogen) atoms. The highest BCUT2D eigenvalue weighted by Crippen LogP contribution is 2.46. The molecule has 0 aliphatic rings. The minimum atomic E-state index is -4.07. The molecule has 1 unspecified atom stereocenters. The molecule has 4 rings (SSSR count). The summed E-state index contributed by atoms with van der Waals surface area (Å²) < 4.78 is 39.1. The number of carbonyl (C=O) groups excluding carboxylic acids is 1. The van der Waals surface area contributed by atoms with Crippen LogP contribution in [-0.4, -0.2) is 45.9 Å². The molecule has 0 radical (unpaired) electrons. The zero-order valence-electron chi connectivity index (χ0n) is 24.1. The van der Waals surface area contributed by atoms with Gasteiger partial charge in [0.05, 0.1) is 29.8 Å². The number of benzene rings is 2. The first-order chi connectivity index (χ1) is 19.7. The van der Waals surface area contributed by atoms with E-state index >= 15 is 0 Å². The summed E-state index contributed by atoms with van der Waals surface area (Å²) in [6.45, 7) is 9.66. The molecule has 3 N–H and O–H groups in total. The molecule has 12 heteroatoms. The Morgan fingerprint density at radius 1 is 1.05 bits per heavy atom. The predicted octanol–water partition coefficient (Wildman–Crippen LogP) is 5.79. The van der Waals surface area contributed by atoms with Crippen LogP contribution in [0.25, 0.3) is 21.9 Å². The lowest BCUT2D eigenvalue weighted by Gasteiger charge is -2.26. The van der Waals surface area contributed by atoms with Gasteiger partial charge >= 0.3 is 13.7 Å². The van der Waals surface area contributed by atoms with Crippen LogP contribution in [0.1, 0.15) is 52.9 Å². The quantitative estimate of drug-likeness (QED) is 0.138. The lowest BCUT2D eigenvalue weighted by Crippen LogP contribution is -2.36. The average Bonchev–Trinajstić information content (AvgIpc) is 3.32. The molecule has 4 aromatic rings. The molecular weight excluding hydrogens is 545 g/mol.